The maximum atomic E-state index is 11.2. The van der Waals surface area contributed by atoms with E-state index >= 15 is 0 Å². The van der Waals surface area contributed by atoms with Gasteiger partial charge in [-0.2, -0.15) is 0 Å². The van der Waals surface area contributed by atoms with Gasteiger partial charge in [0.1, 0.15) is 11.5 Å². The van der Waals surface area contributed by atoms with Gasteiger partial charge in [-0.15, -0.1) is 0 Å². The summed E-state index contributed by atoms with van der Waals surface area (Å²) >= 11 is 0. The number of carbonyl (C=O) groups is 1. The molecule has 1 aliphatic carbocycles. The molecule has 0 aromatic heterocycles. The minimum absolute atomic E-state index is 0.230. The minimum atomic E-state index is -0.476. The smallest absolute Gasteiger partial charge is 0.335 e. The number of carbonyl (C=O) groups excluding carboxylic acids is 1. The molecule has 0 unspecified atom stereocenters. The molecule has 2 aromatic carbocycles. The molecule has 0 radical (unpaired) electrons. The molecule has 166 valence electrons. The summed E-state index contributed by atoms with van der Waals surface area (Å²) in [5.74, 6) is 1.31. The van der Waals surface area contributed by atoms with E-state index in [2.05, 4.69) is 37.8 Å². The summed E-state index contributed by atoms with van der Waals surface area (Å²) in [6, 6.07) is 16.2. The molecule has 0 aliphatic heterocycles. The van der Waals surface area contributed by atoms with Crippen LogP contribution in [0, 0.1) is 0 Å². The molecule has 0 heterocycles. The second-order valence-electron chi connectivity index (χ2n) is 8.20. The van der Waals surface area contributed by atoms with Crippen LogP contribution >= 0.6 is 0 Å². The van der Waals surface area contributed by atoms with Crippen molar-refractivity contribution < 1.29 is 19.0 Å². The quantitative estimate of drug-likeness (QED) is 0.135. The Labute approximate surface area is 186 Å². The van der Waals surface area contributed by atoms with E-state index in [0.717, 1.165) is 31.8 Å². The minimum Gasteiger partial charge on any atom is -0.468 e. The lowest BCUT2D eigenvalue weighted by Crippen LogP contribution is -2.22. The van der Waals surface area contributed by atoms with Gasteiger partial charge in [0.15, 0.2) is 6.79 Å². The van der Waals surface area contributed by atoms with Crippen molar-refractivity contribution in [1.29, 1.82) is 0 Å². The number of benzene rings is 2. The molecule has 0 saturated heterocycles. The third-order valence-electron chi connectivity index (χ3n) is 5.93. The van der Waals surface area contributed by atoms with Gasteiger partial charge in [0.2, 0.25) is 0 Å². The van der Waals surface area contributed by atoms with Crippen LogP contribution in [0.2, 0.25) is 0 Å². The van der Waals surface area contributed by atoms with Gasteiger partial charge in [0.25, 0.3) is 0 Å². The summed E-state index contributed by atoms with van der Waals surface area (Å²) in [4.78, 5) is 11.2. The average Bonchev–Trinajstić information content (AvgIpc) is 2.81. The van der Waals surface area contributed by atoms with Gasteiger partial charge >= 0.3 is 5.97 Å². The first-order chi connectivity index (χ1) is 15.2. The van der Waals surface area contributed by atoms with Crippen LogP contribution in [0.25, 0.3) is 0 Å². The van der Waals surface area contributed by atoms with E-state index in [1.165, 1.54) is 36.8 Å². The molecular weight excluding hydrogens is 388 g/mol. The molecule has 4 nitrogen and oxygen atoms in total. The number of esters is 1. The molecule has 0 N–H and O–H groups in total. The van der Waals surface area contributed by atoms with E-state index < -0.39 is 5.97 Å². The van der Waals surface area contributed by atoms with Gasteiger partial charge in [-0.05, 0) is 79.8 Å². The molecule has 4 heteroatoms. The molecule has 0 amide bonds. The molecule has 3 rings (SSSR count). The Bertz CT molecular complexity index is 802. The summed E-state index contributed by atoms with van der Waals surface area (Å²) in [5.41, 5.74) is 2.92. The average molecular weight is 423 g/mol. The van der Waals surface area contributed by atoms with Crippen LogP contribution in [0.1, 0.15) is 68.9 Å². The van der Waals surface area contributed by atoms with Crippen molar-refractivity contribution in [3.63, 3.8) is 0 Å². The Morgan fingerprint density at radius 3 is 2.29 bits per heavy atom. The van der Waals surface area contributed by atoms with Gasteiger partial charge in [-0.3, -0.25) is 0 Å². The monoisotopic (exact) mass is 422 g/mol. The molecule has 1 saturated carbocycles. The number of hydrogen-bond acceptors (Lipinski definition) is 4. The molecule has 2 aromatic rings. The largest absolute Gasteiger partial charge is 0.468 e. The molecule has 0 spiro atoms. The zero-order valence-corrected chi connectivity index (χ0v) is 18.6. The first kappa shape index (κ1) is 23.1. The summed E-state index contributed by atoms with van der Waals surface area (Å²) in [7, 11) is 0. The third-order valence-corrected chi connectivity index (χ3v) is 5.93. The topological polar surface area (TPSA) is 44.8 Å². The fourth-order valence-electron chi connectivity index (χ4n) is 4.06. The Morgan fingerprint density at radius 1 is 0.968 bits per heavy atom. The SMILES string of the molecule is C=CC(=O)Oc1ccc(OCOC2CCC(c3ccc(CCCCC)cc3)CC2)cc1. The maximum absolute atomic E-state index is 11.2. The Kier molecular flexibility index (Phi) is 9.16. The molecule has 31 heavy (non-hydrogen) atoms. The molecule has 1 fully saturated rings. The maximum Gasteiger partial charge on any atom is 0.335 e. The van der Waals surface area contributed by atoms with Crippen molar-refractivity contribution in [2.24, 2.45) is 0 Å². The van der Waals surface area contributed by atoms with Crippen LogP contribution in [0.3, 0.4) is 0 Å². The highest BCUT2D eigenvalue weighted by Gasteiger charge is 2.23. The van der Waals surface area contributed by atoms with Crippen LogP contribution in [0.5, 0.6) is 11.5 Å². The van der Waals surface area contributed by atoms with Crippen LogP contribution in [0.4, 0.5) is 0 Å². The summed E-state index contributed by atoms with van der Waals surface area (Å²) < 4.78 is 16.7. The standard InChI is InChI=1S/C27H34O4/c1-3-5-6-7-21-8-10-22(11-9-21)23-12-14-24(15-13-23)29-20-30-25-16-18-26(19-17-25)31-27(28)4-2/h4,8-11,16-19,23-24H,2-3,5-7,12-15,20H2,1H3. The second-order valence-corrected chi connectivity index (χ2v) is 8.20. The first-order valence-electron chi connectivity index (χ1n) is 11.5. The van der Waals surface area contributed by atoms with Crippen molar-refractivity contribution in [3.8, 4) is 11.5 Å². The molecule has 1 aliphatic rings. The highest BCUT2D eigenvalue weighted by atomic mass is 16.7. The Morgan fingerprint density at radius 2 is 1.65 bits per heavy atom. The predicted octanol–water partition coefficient (Wildman–Crippen LogP) is 6.59. The van der Waals surface area contributed by atoms with Gasteiger partial charge in [-0.1, -0.05) is 50.6 Å². The fraction of sp³-hybridized carbons (Fsp3) is 0.444. The van der Waals surface area contributed by atoms with Gasteiger partial charge < -0.3 is 14.2 Å². The van der Waals surface area contributed by atoms with E-state index in [1.54, 1.807) is 24.3 Å². The number of ether oxygens (including phenoxy) is 3. The molecule has 0 bridgehead atoms. The van der Waals surface area contributed by atoms with Crippen molar-refractivity contribution in [3.05, 3.63) is 72.3 Å². The van der Waals surface area contributed by atoms with Gasteiger partial charge in [-0.25, -0.2) is 4.79 Å². The zero-order chi connectivity index (χ0) is 21.9. The molecule has 0 atom stereocenters. The van der Waals surface area contributed by atoms with Gasteiger partial charge in [0, 0.05) is 6.08 Å². The van der Waals surface area contributed by atoms with E-state index in [1.807, 2.05) is 0 Å². The van der Waals surface area contributed by atoms with Gasteiger partial charge in [0.05, 0.1) is 6.10 Å². The van der Waals surface area contributed by atoms with Crippen molar-refractivity contribution in [2.75, 3.05) is 6.79 Å². The van der Waals surface area contributed by atoms with E-state index in [-0.39, 0.29) is 12.9 Å². The van der Waals surface area contributed by atoms with E-state index in [4.69, 9.17) is 14.2 Å². The number of hydrogen-bond donors (Lipinski definition) is 0. The number of aryl methyl sites for hydroxylation is 1. The Balaban J connectivity index is 1.35. The van der Waals surface area contributed by atoms with Crippen LogP contribution in [-0.2, 0) is 16.0 Å². The normalized spacial score (nSPS) is 18.4. The first-order valence-corrected chi connectivity index (χ1v) is 11.5. The summed E-state index contributed by atoms with van der Waals surface area (Å²) in [6.45, 7) is 5.86. The lowest BCUT2D eigenvalue weighted by molar-refractivity contribution is -0.128. The van der Waals surface area contributed by atoms with Crippen LogP contribution in [-0.4, -0.2) is 18.9 Å². The van der Waals surface area contributed by atoms with Crippen LogP contribution < -0.4 is 9.47 Å². The highest BCUT2D eigenvalue weighted by Crippen LogP contribution is 2.34. The number of unbranched alkanes of at least 4 members (excludes halogenated alkanes) is 2. The second kappa shape index (κ2) is 12.3. The third kappa shape index (κ3) is 7.55. The van der Waals surface area contributed by atoms with E-state index in [0.29, 0.717) is 17.4 Å². The lowest BCUT2D eigenvalue weighted by atomic mass is 9.82. The van der Waals surface area contributed by atoms with E-state index in [9.17, 15) is 4.79 Å². The predicted molar refractivity (Wildman–Crippen MR) is 124 cm³/mol. The molecular formula is C27H34O4. The fourth-order valence-corrected chi connectivity index (χ4v) is 4.06. The zero-order valence-electron chi connectivity index (χ0n) is 18.6. The van der Waals surface area contributed by atoms with Crippen molar-refractivity contribution >= 4 is 5.97 Å². The number of rotatable bonds is 11. The van der Waals surface area contributed by atoms with Crippen LogP contribution in [0.15, 0.2) is 61.2 Å². The highest BCUT2D eigenvalue weighted by molar-refractivity contribution is 5.83. The van der Waals surface area contributed by atoms with Crippen molar-refractivity contribution in [1.82, 2.24) is 0 Å². The lowest BCUT2D eigenvalue weighted by Gasteiger charge is -2.28. The summed E-state index contributed by atoms with van der Waals surface area (Å²) in [5, 5.41) is 0. The summed E-state index contributed by atoms with van der Waals surface area (Å²) in [6.07, 6.45) is 10.9. The Hall–Kier alpha value is -2.59. The van der Waals surface area contributed by atoms with Crippen molar-refractivity contribution in [2.45, 2.75) is 70.3 Å².